The Morgan fingerprint density at radius 1 is 1.26 bits per heavy atom. The lowest BCUT2D eigenvalue weighted by atomic mass is 10.1. The van der Waals surface area contributed by atoms with Gasteiger partial charge in [-0.1, -0.05) is 34.1 Å². The van der Waals surface area contributed by atoms with Crippen LogP contribution in [0.25, 0.3) is 11.0 Å². The summed E-state index contributed by atoms with van der Waals surface area (Å²) in [7, 11) is 0. The third kappa shape index (κ3) is 2.45. The van der Waals surface area contributed by atoms with Crippen molar-refractivity contribution >= 4 is 32.9 Å². The van der Waals surface area contributed by atoms with Crippen LogP contribution in [0.15, 0.2) is 46.9 Å². The lowest BCUT2D eigenvalue weighted by Gasteiger charge is -2.17. The van der Waals surface area contributed by atoms with Crippen molar-refractivity contribution in [1.29, 1.82) is 0 Å². The third-order valence-corrected chi connectivity index (χ3v) is 4.40. The molecule has 3 aromatic rings. The number of ether oxygens (including phenoxy) is 1. The molecule has 1 N–H and O–H groups in total. The molecule has 7 heteroatoms. The molecule has 118 valence electrons. The summed E-state index contributed by atoms with van der Waals surface area (Å²) in [4.78, 5) is 4.54. The average Bonchev–Trinajstić information content (AvgIpc) is 3.06. The zero-order valence-electron chi connectivity index (χ0n) is 11.8. The van der Waals surface area contributed by atoms with Gasteiger partial charge in [0.2, 0.25) is 5.95 Å². The number of hydrogen-bond acceptors (Lipinski definition) is 3. The van der Waals surface area contributed by atoms with E-state index >= 15 is 0 Å². The van der Waals surface area contributed by atoms with Gasteiger partial charge in [-0.3, -0.25) is 0 Å². The van der Waals surface area contributed by atoms with Gasteiger partial charge in [0.25, 0.3) is 0 Å². The average molecular weight is 380 g/mol. The van der Waals surface area contributed by atoms with E-state index in [0.717, 1.165) is 21.5 Å². The molecule has 0 saturated heterocycles. The van der Waals surface area contributed by atoms with Gasteiger partial charge in [0.05, 0.1) is 17.1 Å². The molecule has 0 saturated carbocycles. The van der Waals surface area contributed by atoms with Crippen LogP contribution in [0.4, 0.5) is 14.7 Å². The molecule has 0 radical (unpaired) electrons. The Bertz CT molecular complexity index is 881. The molecule has 1 aromatic heterocycles. The molecular formula is C16H12BrF2N3O. The number of halogens is 3. The van der Waals surface area contributed by atoms with Crippen molar-refractivity contribution in [3.05, 3.63) is 52.5 Å². The molecule has 23 heavy (non-hydrogen) atoms. The molecule has 0 bridgehead atoms. The molecule has 1 aliphatic rings. The fraction of sp³-hybridized carbons (Fsp3) is 0.188. The van der Waals surface area contributed by atoms with Crippen molar-refractivity contribution in [3.8, 4) is 5.75 Å². The maximum absolute atomic E-state index is 12.7. The van der Waals surface area contributed by atoms with Crippen LogP contribution in [0.1, 0.15) is 11.6 Å². The third-order valence-electron chi connectivity index (χ3n) is 3.91. The highest BCUT2D eigenvalue weighted by Gasteiger charge is 2.29. The summed E-state index contributed by atoms with van der Waals surface area (Å²) in [6.07, 6.45) is 0. The minimum absolute atomic E-state index is 0.153. The van der Waals surface area contributed by atoms with Gasteiger partial charge in [-0.15, -0.1) is 0 Å². The molecule has 1 atom stereocenters. The standard InChI is InChI=1S/C16H12BrF2N3O/c17-9-5-6-11-12(7-9)22-13(8-20-16(22)21-11)10-3-1-2-4-14(10)23-15(18)19/h1-7,13,15H,8H2,(H,20,21). The zero-order chi connectivity index (χ0) is 16.0. The Balaban J connectivity index is 1.85. The van der Waals surface area contributed by atoms with E-state index in [1.807, 2.05) is 34.9 Å². The van der Waals surface area contributed by atoms with Crippen molar-refractivity contribution in [2.24, 2.45) is 0 Å². The summed E-state index contributed by atoms with van der Waals surface area (Å²) in [6.45, 7) is -2.27. The first-order valence-corrected chi connectivity index (χ1v) is 7.88. The predicted molar refractivity (Wildman–Crippen MR) is 87.1 cm³/mol. The lowest BCUT2D eigenvalue weighted by molar-refractivity contribution is -0.0506. The molecule has 0 aliphatic carbocycles. The molecule has 2 aromatic carbocycles. The van der Waals surface area contributed by atoms with Gasteiger partial charge in [0.1, 0.15) is 5.75 Å². The van der Waals surface area contributed by atoms with E-state index in [4.69, 9.17) is 0 Å². The van der Waals surface area contributed by atoms with Crippen molar-refractivity contribution in [2.75, 3.05) is 11.9 Å². The largest absolute Gasteiger partial charge is 0.434 e. The number of benzene rings is 2. The van der Waals surface area contributed by atoms with E-state index in [1.165, 1.54) is 0 Å². The number of anilines is 1. The van der Waals surface area contributed by atoms with Gasteiger partial charge < -0.3 is 14.6 Å². The van der Waals surface area contributed by atoms with Crippen molar-refractivity contribution in [2.45, 2.75) is 12.7 Å². The highest BCUT2D eigenvalue weighted by Crippen LogP contribution is 2.38. The summed E-state index contributed by atoms with van der Waals surface area (Å²) in [5.74, 6) is 0.925. The summed E-state index contributed by atoms with van der Waals surface area (Å²) >= 11 is 3.46. The maximum Gasteiger partial charge on any atom is 0.387 e. The smallest absolute Gasteiger partial charge is 0.387 e. The van der Waals surface area contributed by atoms with Crippen LogP contribution in [-0.2, 0) is 0 Å². The second kappa shape index (κ2) is 5.49. The fourth-order valence-corrected chi connectivity index (χ4v) is 3.34. The highest BCUT2D eigenvalue weighted by atomic mass is 79.9. The van der Waals surface area contributed by atoms with E-state index in [9.17, 15) is 8.78 Å². The molecule has 0 amide bonds. The van der Waals surface area contributed by atoms with Crippen LogP contribution >= 0.6 is 15.9 Å². The molecule has 1 unspecified atom stereocenters. The monoisotopic (exact) mass is 379 g/mol. The van der Waals surface area contributed by atoms with Gasteiger partial charge in [0, 0.05) is 16.6 Å². The predicted octanol–water partition coefficient (Wildman–Crippen LogP) is 4.42. The van der Waals surface area contributed by atoms with Crippen LogP contribution in [0.2, 0.25) is 0 Å². The fourth-order valence-electron chi connectivity index (χ4n) is 2.99. The number of para-hydroxylation sites is 1. The number of nitrogens with one attached hydrogen (secondary N) is 1. The van der Waals surface area contributed by atoms with Crippen LogP contribution in [0.5, 0.6) is 5.75 Å². The Kier molecular flexibility index (Phi) is 3.45. The lowest BCUT2D eigenvalue weighted by Crippen LogP contribution is -2.13. The van der Waals surface area contributed by atoms with Crippen LogP contribution in [0.3, 0.4) is 0 Å². The molecule has 0 fully saturated rings. The van der Waals surface area contributed by atoms with Crippen molar-refractivity contribution in [3.63, 3.8) is 0 Å². The summed E-state index contributed by atoms with van der Waals surface area (Å²) < 4.78 is 33.0. The Morgan fingerprint density at radius 2 is 2.09 bits per heavy atom. The molecule has 1 aliphatic heterocycles. The SMILES string of the molecule is FC(F)Oc1ccccc1C1CNc2nc3ccc(Br)cc3n21. The van der Waals surface area contributed by atoms with Gasteiger partial charge in [-0.25, -0.2) is 4.98 Å². The van der Waals surface area contributed by atoms with E-state index in [1.54, 1.807) is 12.1 Å². The Morgan fingerprint density at radius 3 is 2.91 bits per heavy atom. The second-order valence-corrected chi connectivity index (χ2v) is 6.17. The topological polar surface area (TPSA) is 39.1 Å². The van der Waals surface area contributed by atoms with Gasteiger partial charge in [0.15, 0.2) is 0 Å². The van der Waals surface area contributed by atoms with Crippen LogP contribution < -0.4 is 10.1 Å². The molecule has 0 spiro atoms. The molecule has 4 nitrogen and oxygen atoms in total. The number of nitrogens with zero attached hydrogens (tertiary/aromatic N) is 2. The van der Waals surface area contributed by atoms with Gasteiger partial charge >= 0.3 is 6.61 Å². The molecular weight excluding hydrogens is 368 g/mol. The number of hydrogen-bond donors (Lipinski definition) is 1. The van der Waals surface area contributed by atoms with E-state index in [0.29, 0.717) is 12.1 Å². The van der Waals surface area contributed by atoms with Crippen molar-refractivity contribution < 1.29 is 13.5 Å². The van der Waals surface area contributed by atoms with Gasteiger partial charge in [-0.05, 0) is 24.3 Å². The van der Waals surface area contributed by atoms with Gasteiger partial charge in [-0.2, -0.15) is 8.78 Å². The minimum Gasteiger partial charge on any atom is -0.434 e. The van der Waals surface area contributed by atoms with E-state index < -0.39 is 6.61 Å². The Hall–Kier alpha value is -2.15. The highest BCUT2D eigenvalue weighted by molar-refractivity contribution is 9.10. The van der Waals surface area contributed by atoms with Crippen LogP contribution in [0, 0.1) is 0 Å². The maximum atomic E-state index is 12.7. The first kappa shape index (κ1) is 14.4. The van der Waals surface area contributed by atoms with E-state index in [2.05, 4.69) is 31.0 Å². The molecule has 4 rings (SSSR count). The van der Waals surface area contributed by atoms with Crippen LogP contribution in [-0.4, -0.2) is 22.7 Å². The number of rotatable bonds is 3. The number of imidazole rings is 1. The summed E-state index contributed by atoms with van der Waals surface area (Å²) in [5.41, 5.74) is 2.50. The quantitative estimate of drug-likeness (QED) is 0.732. The number of aromatic nitrogens is 2. The second-order valence-electron chi connectivity index (χ2n) is 5.25. The number of fused-ring (bicyclic) bond motifs is 3. The summed E-state index contributed by atoms with van der Waals surface area (Å²) in [6, 6.07) is 12.5. The van der Waals surface area contributed by atoms with Crippen molar-refractivity contribution in [1.82, 2.24) is 9.55 Å². The molecule has 2 heterocycles. The van der Waals surface area contributed by atoms with E-state index in [-0.39, 0.29) is 11.8 Å². The first-order valence-electron chi connectivity index (χ1n) is 7.08. The summed E-state index contributed by atoms with van der Waals surface area (Å²) in [5, 5.41) is 3.23. The zero-order valence-corrected chi connectivity index (χ0v) is 13.4. The first-order chi connectivity index (χ1) is 11.1. The number of alkyl halides is 2. The Labute approximate surface area is 139 Å². The normalized spacial score (nSPS) is 16.6. The minimum atomic E-state index is -2.85.